The van der Waals surface area contributed by atoms with E-state index in [1.807, 2.05) is 60.7 Å². The molecule has 4 nitrogen and oxygen atoms in total. The fourth-order valence-electron chi connectivity index (χ4n) is 2.39. The summed E-state index contributed by atoms with van der Waals surface area (Å²) in [7, 11) is 1.71. The molecule has 0 heterocycles. The summed E-state index contributed by atoms with van der Waals surface area (Å²) in [5.74, 6) is -1.32. The number of para-hydroxylation sites is 1. The maximum absolute atomic E-state index is 12.4. The number of amides is 1. The van der Waals surface area contributed by atoms with Gasteiger partial charge in [-0.05, 0) is 17.7 Å². The van der Waals surface area contributed by atoms with E-state index in [1.165, 1.54) is 0 Å². The highest BCUT2D eigenvalue weighted by molar-refractivity contribution is 5.93. The molecular weight excluding hydrogens is 278 g/mol. The van der Waals surface area contributed by atoms with Gasteiger partial charge in [-0.3, -0.25) is 9.59 Å². The van der Waals surface area contributed by atoms with Crippen LogP contribution in [0, 0.1) is 0 Å². The third kappa shape index (κ3) is 4.19. The van der Waals surface area contributed by atoms with Crippen molar-refractivity contribution >= 4 is 17.6 Å². The molecule has 0 bridgehead atoms. The minimum absolute atomic E-state index is 0.0572. The molecule has 0 aliphatic heterocycles. The van der Waals surface area contributed by atoms with E-state index in [9.17, 15) is 9.59 Å². The van der Waals surface area contributed by atoms with E-state index in [0.29, 0.717) is 0 Å². The number of anilines is 1. The van der Waals surface area contributed by atoms with Crippen molar-refractivity contribution < 1.29 is 14.7 Å². The minimum atomic E-state index is -0.899. The first-order chi connectivity index (χ1) is 10.6. The first-order valence-electron chi connectivity index (χ1n) is 7.16. The van der Waals surface area contributed by atoms with Gasteiger partial charge in [-0.25, -0.2) is 0 Å². The van der Waals surface area contributed by atoms with Gasteiger partial charge in [-0.1, -0.05) is 48.5 Å². The van der Waals surface area contributed by atoms with Crippen LogP contribution in [0.5, 0.6) is 0 Å². The number of aliphatic carboxylic acids is 1. The second-order valence-corrected chi connectivity index (χ2v) is 5.20. The molecule has 0 saturated carbocycles. The second-order valence-electron chi connectivity index (χ2n) is 5.20. The van der Waals surface area contributed by atoms with Crippen molar-refractivity contribution in [2.45, 2.75) is 18.8 Å². The maximum Gasteiger partial charge on any atom is 0.303 e. The lowest BCUT2D eigenvalue weighted by atomic mass is 9.92. The molecule has 1 amide bonds. The highest BCUT2D eigenvalue weighted by Crippen LogP contribution is 2.25. The van der Waals surface area contributed by atoms with Crippen LogP contribution in [0.3, 0.4) is 0 Å². The third-order valence-corrected chi connectivity index (χ3v) is 3.63. The monoisotopic (exact) mass is 297 g/mol. The first kappa shape index (κ1) is 15.8. The van der Waals surface area contributed by atoms with E-state index in [2.05, 4.69) is 0 Å². The van der Waals surface area contributed by atoms with E-state index in [-0.39, 0.29) is 24.7 Å². The van der Waals surface area contributed by atoms with Gasteiger partial charge in [-0.15, -0.1) is 0 Å². The Morgan fingerprint density at radius 2 is 1.50 bits per heavy atom. The first-order valence-corrected chi connectivity index (χ1v) is 7.16. The van der Waals surface area contributed by atoms with Gasteiger partial charge in [-0.2, -0.15) is 0 Å². The summed E-state index contributed by atoms with van der Waals surface area (Å²) in [5, 5.41) is 9.09. The molecule has 0 aromatic heterocycles. The molecule has 0 aliphatic rings. The van der Waals surface area contributed by atoms with Gasteiger partial charge in [0.05, 0.1) is 6.42 Å². The van der Waals surface area contributed by atoms with Crippen LogP contribution in [-0.2, 0) is 9.59 Å². The number of carbonyl (C=O) groups excluding carboxylic acids is 1. The van der Waals surface area contributed by atoms with Crippen LogP contribution < -0.4 is 4.90 Å². The SMILES string of the molecule is CN(C(=O)CC(CC(=O)O)c1ccccc1)c1ccccc1. The van der Waals surface area contributed by atoms with Gasteiger partial charge >= 0.3 is 5.97 Å². The number of hydrogen-bond acceptors (Lipinski definition) is 2. The van der Waals surface area contributed by atoms with Crippen molar-refractivity contribution in [3.63, 3.8) is 0 Å². The van der Waals surface area contributed by atoms with Gasteiger partial charge in [0.25, 0.3) is 0 Å². The summed E-state index contributed by atoms with van der Waals surface area (Å²) in [5.41, 5.74) is 1.68. The molecule has 0 saturated heterocycles. The standard InChI is InChI=1S/C18H19NO3/c1-19(16-10-6-3-7-11-16)17(20)12-15(13-18(21)22)14-8-4-2-5-9-14/h2-11,15H,12-13H2,1H3,(H,21,22). The van der Waals surface area contributed by atoms with E-state index in [0.717, 1.165) is 11.3 Å². The topological polar surface area (TPSA) is 57.6 Å². The van der Waals surface area contributed by atoms with Crippen molar-refractivity contribution in [3.8, 4) is 0 Å². The maximum atomic E-state index is 12.4. The van der Waals surface area contributed by atoms with Crippen LogP contribution in [0.2, 0.25) is 0 Å². The van der Waals surface area contributed by atoms with Gasteiger partial charge in [0.2, 0.25) is 5.91 Å². The van der Waals surface area contributed by atoms with Gasteiger partial charge in [0.15, 0.2) is 0 Å². The van der Waals surface area contributed by atoms with Gasteiger partial charge in [0, 0.05) is 25.1 Å². The fourth-order valence-corrected chi connectivity index (χ4v) is 2.39. The average molecular weight is 297 g/mol. The molecule has 1 N–H and O–H groups in total. The van der Waals surface area contributed by atoms with Crippen LogP contribution >= 0.6 is 0 Å². The van der Waals surface area contributed by atoms with Crippen LogP contribution in [-0.4, -0.2) is 24.0 Å². The van der Waals surface area contributed by atoms with Crippen molar-refractivity contribution in [2.75, 3.05) is 11.9 Å². The molecule has 2 aromatic carbocycles. The van der Waals surface area contributed by atoms with Crippen molar-refractivity contribution in [2.24, 2.45) is 0 Å². The largest absolute Gasteiger partial charge is 0.481 e. The predicted octanol–water partition coefficient (Wildman–Crippen LogP) is 3.30. The van der Waals surface area contributed by atoms with E-state index in [1.54, 1.807) is 11.9 Å². The zero-order valence-corrected chi connectivity index (χ0v) is 12.5. The molecule has 2 rings (SSSR count). The normalized spacial score (nSPS) is 11.7. The third-order valence-electron chi connectivity index (χ3n) is 3.63. The van der Waals surface area contributed by atoms with E-state index < -0.39 is 5.97 Å². The smallest absolute Gasteiger partial charge is 0.303 e. The summed E-state index contributed by atoms with van der Waals surface area (Å²) in [4.78, 5) is 25.1. The second kappa shape index (κ2) is 7.41. The number of carboxylic acids is 1. The molecule has 0 radical (unpaired) electrons. The Balaban J connectivity index is 2.13. The zero-order chi connectivity index (χ0) is 15.9. The Bertz CT molecular complexity index is 625. The molecule has 0 aliphatic carbocycles. The lowest BCUT2D eigenvalue weighted by molar-refractivity contribution is -0.137. The van der Waals surface area contributed by atoms with Gasteiger partial charge < -0.3 is 10.0 Å². The van der Waals surface area contributed by atoms with Crippen LogP contribution in [0.15, 0.2) is 60.7 Å². The Hall–Kier alpha value is -2.62. The number of carboxylic acid groups (broad SMARTS) is 1. The van der Waals surface area contributed by atoms with Crippen molar-refractivity contribution in [1.29, 1.82) is 0 Å². The quantitative estimate of drug-likeness (QED) is 0.890. The molecule has 0 fully saturated rings. The summed E-state index contributed by atoms with van der Waals surface area (Å²) < 4.78 is 0. The number of carbonyl (C=O) groups is 2. The van der Waals surface area contributed by atoms with Crippen molar-refractivity contribution in [1.82, 2.24) is 0 Å². The molecule has 4 heteroatoms. The average Bonchev–Trinajstić information content (AvgIpc) is 2.54. The summed E-state index contributed by atoms with van der Waals surface area (Å²) >= 11 is 0. The Morgan fingerprint density at radius 1 is 0.955 bits per heavy atom. The molecule has 1 unspecified atom stereocenters. The molecule has 1 atom stereocenters. The zero-order valence-electron chi connectivity index (χ0n) is 12.5. The Morgan fingerprint density at radius 3 is 2.05 bits per heavy atom. The molecule has 2 aromatic rings. The predicted molar refractivity (Wildman–Crippen MR) is 85.9 cm³/mol. The van der Waals surface area contributed by atoms with E-state index in [4.69, 9.17) is 5.11 Å². The lowest BCUT2D eigenvalue weighted by Gasteiger charge is -2.21. The summed E-state index contributed by atoms with van der Waals surface area (Å²) in [6.45, 7) is 0. The number of rotatable bonds is 6. The van der Waals surface area contributed by atoms with Crippen LogP contribution in [0.1, 0.15) is 24.3 Å². The summed E-state index contributed by atoms with van der Waals surface area (Å²) in [6, 6.07) is 18.6. The molecule has 0 spiro atoms. The highest BCUT2D eigenvalue weighted by atomic mass is 16.4. The van der Waals surface area contributed by atoms with Crippen LogP contribution in [0.4, 0.5) is 5.69 Å². The molecular formula is C18H19NO3. The van der Waals surface area contributed by atoms with Crippen molar-refractivity contribution in [3.05, 3.63) is 66.2 Å². The minimum Gasteiger partial charge on any atom is -0.481 e. The van der Waals surface area contributed by atoms with Crippen LogP contribution in [0.25, 0.3) is 0 Å². The Labute approximate surface area is 130 Å². The summed E-state index contributed by atoms with van der Waals surface area (Å²) in [6.07, 6.45) is 0.111. The molecule has 22 heavy (non-hydrogen) atoms. The highest BCUT2D eigenvalue weighted by Gasteiger charge is 2.21. The lowest BCUT2D eigenvalue weighted by Crippen LogP contribution is -2.28. The Kier molecular flexibility index (Phi) is 5.31. The number of nitrogens with zero attached hydrogens (tertiary/aromatic N) is 1. The van der Waals surface area contributed by atoms with Gasteiger partial charge in [0.1, 0.15) is 0 Å². The number of benzene rings is 2. The number of hydrogen-bond donors (Lipinski definition) is 1. The fraction of sp³-hybridized carbons (Fsp3) is 0.222. The molecule has 114 valence electrons. The van der Waals surface area contributed by atoms with E-state index >= 15 is 0 Å².